The first-order chi connectivity index (χ1) is 8.44. The first kappa shape index (κ1) is 14.9. The van der Waals surface area contributed by atoms with E-state index < -0.39 is 17.2 Å². The molecule has 0 saturated carbocycles. The normalized spacial score (nSPS) is 13.9. The highest BCUT2D eigenvalue weighted by Crippen LogP contribution is 2.24. The second-order valence-electron chi connectivity index (χ2n) is 4.41. The highest BCUT2D eigenvalue weighted by Gasteiger charge is 2.15. The van der Waals surface area contributed by atoms with Crippen LogP contribution in [-0.2, 0) is 0 Å². The summed E-state index contributed by atoms with van der Waals surface area (Å²) in [6, 6.07) is 5.61. The molecule has 2 nitrogen and oxygen atoms in total. The fourth-order valence-electron chi connectivity index (χ4n) is 1.42. The molecule has 0 fully saturated rings. The van der Waals surface area contributed by atoms with Crippen molar-refractivity contribution in [2.45, 2.75) is 36.6 Å². The van der Waals surface area contributed by atoms with E-state index in [1.54, 1.807) is 6.92 Å². The molecule has 1 aromatic rings. The van der Waals surface area contributed by atoms with Gasteiger partial charge in [0.1, 0.15) is 17.2 Å². The van der Waals surface area contributed by atoms with E-state index >= 15 is 0 Å². The second-order valence-corrected chi connectivity index (χ2v) is 5.55. The molecule has 0 aliphatic rings. The van der Waals surface area contributed by atoms with Gasteiger partial charge in [-0.25, -0.2) is 8.78 Å². The zero-order valence-corrected chi connectivity index (χ0v) is 11.1. The molecule has 18 heavy (non-hydrogen) atoms. The second kappa shape index (κ2) is 6.72. The summed E-state index contributed by atoms with van der Waals surface area (Å²) in [5.74, 6) is -0.366. The Morgan fingerprint density at radius 1 is 1.39 bits per heavy atom. The van der Waals surface area contributed by atoms with Crippen LogP contribution in [0.5, 0.6) is 0 Å². The van der Waals surface area contributed by atoms with Crippen molar-refractivity contribution >= 4 is 11.8 Å². The predicted octanol–water partition coefficient (Wildman–Crippen LogP) is 3.47. The molecule has 2 N–H and O–H groups in total. The molecule has 0 aliphatic heterocycles. The lowest BCUT2D eigenvalue weighted by atomic mass is 9.99. The molecule has 1 rings (SSSR count). The van der Waals surface area contributed by atoms with Gasteiger partial charge in [-0.2, -0.15) is 5.26 Å². The average Bonchev–Trinajstić information content (AvgIpc) is 2.31. The minimum atomic E-state index is -0.786. The van der Waals surface area contributed by atoms with Crippen LogP contribution in [0, 0.1) is 23.0 Å². The third kappa shape index (κ3) is 5.03. The SMILES string of the molecule is CC(N)(C#N)CCCCSc1ccc(F)cc1F. The lowest BCUT2D eigenvalue weighted by Gasteiger charge is -2.14. The zero-order chi connectivity index (χ0) is 13.6. The molecule has 0 aromatic heterocycles. The molecule has 0 amide bonds. The number of benzene rings is 1. The number of nitriles is 1. The number of hydrogen-bond donors (Lipinski definition) is 1. The van der Waals surface area contributed by atoms with E-state index in [0.717, 1.165) is 24.7 Å². The Balaban J connectivity index is 2.29. The monoisotopic (exact) mass is 270 g/mol. The van der Waals surface area contributed by atoms with E-state index in [0.29, 0.717) is 11.3 Å². The van der Waals surface area contributed by atoms with Crippen LogP contribution in [0.15, 0.2) is 23.1 Å². The van der Waals surface area contributed by atoms with Crippen molar-refractivity contribution < 1.29 is 8.78 Å². The molecule has 0 saturated heterocycles. The Morgan fingerprint density at radius 3 is 2.72 bits per heavy atom. The minimum absolute atomic E-state index is 0.451. The van der Waals surface area contributed by atoms with Crippen molar-refractivity contribution in [3.05, 3.63) is 29.8 Å². The van der Waals surface area contributed by atoms with E-state index in [4.69, 9.17) is 11.0 Å². The van der Waals surface area contributed by atoms with Gasteiger partial charge in [-0.05, 0) is 44.1 Å². The summed E-state index contributed by atoms with van der Waals surface area (Å²) in [5.41, 5.74) is 4.89. The molecule has 0 heterocycles. The van der Waals surface area contributed by atoms with E-state index in [2.05, 4.69) is 0 Å². The Bertz CT molecular complexity index is 441. The molecular formula is C13H16F2N2S. The first-order valence-corrected chi connectivity index (χ1v) is 6.71. The third-order valence-corrected chi connectivity index (χ3v) is 3.63. The number of halogens is 2. The van der Waals surface area contributed by atoms with Crippen LogP contribution in [0.3, 0.4) is 0 Å². The molecule has 0 aliphatic carbocycles. The first-order valence-electron chi connectivity index (χ1n) is 5.72. The molecule has 0 radical (unpaired) electrons. The van der Waals surface area contributed by atoms with Crippen molar-refractivity contribution in [3.63, 3.8) is 0 Å². The fraction of sp³-hybridized carbons (Fsp3) is 0.462. The highest BCUT2D eigenvalue weighted by atomic mass is 32.2. The standard InChI is InChI=1S/C13H16F2N2S/c1-13(17,9-16)6-2-3-7-18-12-5-4-10(14)8-11(12)15/h4-5,8H,2-3,6-7,17H2,1H3. The molecule has 0 spiro atoms. The van der Waals surface area contributed by atoms with Gasteiger partial charge in [0.2, 0.25) is 0 Å². The Kier molecular flexibility index (Phi) is 5.57. The average molecular weight is 270 g/mol. The van der Waals surface area contributed by atoms with Crippen molar-refractivity contribution in [3.8, 4) is 6.07 Å². The maximum atomic E-state index is 13.3. The maximum absolute atomic E-state index is 13.3. The van der Waals surface area contributed by atoms with Gasteiger partial charge in [0.15, 0.2) is 0 Å². The van der Waals surface area contributed by atoms with Gasteiger partial charge in [-0.1, -0.05) is 0 Å². The number of rotatable bonds is 6. The Hall–Kier alpha value is -1.12. The summed E-state index contributed by atoms with van der Waals surface area (Å²) >= 11 is 1.35. The van der Waals surface area contributed by atoms with E-state index in [-0.39, 0.29) is 0 Å². The summed E-state index contributed by atoms with van der Waals surface area (Å²) in [6.07, 6.45) is 2.28. The lowest BCUT2D eigenvalue weighted by molar-refractivity contribution is 0.518. The third-order valence-electron chi connectivity index (χ3n) is 2.50. The quantitative estimate of drug-likeness (QED) is 0.636. The van der Waals surface area contributed by atoms with Crippen LogP contribution in [0.2, 0.25) is 0 Å². The highest BCUT2D eigenvalue weighted by molar-refractivity contribution is 7.99. The van der Waals surface area contributed by atoms with Crippen LogP contribution in [-0.4, -0.2) is 11.3 Å². The van der Waals surface area contributed by atoms with Crippen molar-refractivity contribution in [2.24, 2.45) is 5.73 Å². The summed E-state index contributed by atoms with van der Waals surface area (Å²) in [6.45, 7) is 1.69. The molecular weight excluding hydrogens is 254 g/mol. The lowest BCUT2D eigenvalue weighted by Crippen LogP contribution is -2.33. The maximum Gasteiger partial charge on any atom is 0.139 e. The van der Waals surface area contributed by atoms with E-state index in [9.17, 15) is 8.78 Å². The Labute approximate surface area is 110 Å². The summed E-state index contributed by atoms with van der Waals surface area (Å²) < 4.78 is 25.9. The minimum Gasteiger partial charge on any atom is -0.314 e. The van der Waals surface area contributed by atoms with Crippen LogP contribution in [0.1, 0.15) is 26.2 Å². The van der Waals surface area contributed by atoms with Crippen LogP contribution in [0.25, 0.3) is 0 Å². The van der Waals surface area contributed by atoms with E-state index in [1.807, 2.05) is 6.07 Å². The summed E-state index contributed by atoms with van der Waals surface area (Å²) in [4.78, 5) is 0.451. The molecule has 98 valence electrons. The van der Waals surface area contributed by atoms with Crippen molar-refractivity contribution in [1.29, 1.82) is 5.26 Å². The van der Waals surface area contributed by atoms with Crippen LogP contribution >= 0.6 is 11.8 Å². The fourth-order valence-corrected chi connectivity index (χ4v) is 2.35. The van der Waals surface area contributed by atoms with Gasteiger partial charge >= 0.3 is 0 Å². The van der Waals surface area contributed by atoms with Gasteiger partial charge in [-0.15, -0.1) is 11.8 Å². The summed E-state index contributed by atoms with van der Waals surface area (Å²) in [7, 11) is 0. The van der Waals surface area contributed by atoms with Crippen LogP contribution < -0.4 is 5.73 Å². The Morgan fingerprint density at radius 2 is 2.11 bits per heavy atom. The number of hydrogen-bond acceptors (Lipinski definition) is 3. The van der Waals surface area contributed by atoms with Crippen molar-refractivity contribution in [1.82, 2.24) is 0 Å². The molecule has 1 unspecified atom stereocenters. The number of unbranched alkanes of at least 4 members (excludes halogenated alkanes) is 1. The number of nitrogens with two attached hydrogens (primary N) is 1. The summed E-state index contributed by atoms with van der Waals surface area (Å²) in [5, 5.41) is 8.73. The van der Waals surface area contributed by atoms with E-state index in [1.165, 1.54) is 23.9 Å². The molecule has 5 heteroatoms. The van der Waals surface area contributed by atoms with Gasteiger partial charge in [0.05, 0.1) is 6.07 Å². The molecule has 1 atom stereocenters. The van der Waals surface area contributed by atoms with Crippen LogP contribution in [0.4, 0.5) is 8.78 Å². The smallest absolute Gasteiger partial charge is 0.139 e. The molecule has 0 bridgehead atoms. The van der Waals surface area contributed by atoms with Gasteiger partial charge < -0.3 is 5.73 Å². The van der Waals surface area contributed by atoms with Crippen molar-refractivity contribution in [2.75, 3.05) is 5.75 Å². The van der Waals surface area contributed by atoms with Gasteiger partial charge in [0, 0.05) is 11.0 Å². The molecule has 1 aromatic carbocycles. The predicted molar refractivity (Wildman–Crippen MR) is 69.1 cm³/mol. The zero-order valence-electron chi connectivity index (χ0n) is 10.2. The number of nitrogens with zero attached hydrogens (tertiary/aromatic N) is 1. The van der Waals surface area contributed by atoms with Gasteiger partial charge in [-0.3, -0.25) is 0 Å². The number of thioether (sulfide) groups is 1. The van der Waals surface area contributed by atoms with Gasteiger partial charge in [0.25, 0.3) is 0 Å². The largest absolute Gasteiger partial charge is 0.314 e. The topological polar surface area (TPSA) is 49.8 Å².